The van der Waals surface area contributed by atoms with Crippen LogP contribution in [0.3, 0.4) is 0 Å². The van der Waals surface area contributed by atoms with Crippen molar-refractivity contribution in [2.45, 2.75) is 19.8 Å². The monoisotopic (exact) mass is 430 g/mol. The summed E-state index contributed by atoms with van der Waals surface area (Å²) in [6, 6.07) is 9.82. The number of amides is 2. The molecule has 0 spiro atoms. The molecule has 2 aromatic rings. The molecule has 0 saturated carbocycles. The first-order valence-electron chi connectivity index (χ1n) is 8.66. The second-order valence-electron chi connectivity index (χ2n) is 5.78. The largest absolute Gasteiger partial charge is 0.300 e. The molecule has 1 fully saturated rings. The second-order valence-corrected chi connectivity index (χ2v) is 8.52. The lowest BCUT2D eigenvalue weighted by Gasteiger charge is -2.13. The number of thiocarbonyl (C=S) groups is 1. The van der Waals surface area contributed by atoms with Crippen LogP contribution in [-0.4, -0.2) is 37.8 Å². The van der Waals surface area contributed by atoms with Crippen molar-refractivity contribution in [2.75, 3.05) is 11.9 Å². The van der Waals surface area contributed by atoms with Crippen molar-refractivity contribution >= 4 is 62.7 Å². The zero-order valence-electron chi connectivity index (χ0n) is 15.1. The molecular formula is C19H18N4O2S3. The van der Waals surface area contributed by atoms with Crippen LogP contribution in [0.4, 0.5) is 5.13 Å². The van der Waals surface area contributed by atoms with Crippen LogP contribution in [0.1, 0.15) is 23.9 Å². The Bertz CT molecular complexity index is 938. The highest BCUT2D eigenvalue weighted by atomic mass is 32.2. The van der Waals surface area contributed by atoms with Crippen LogP contribution in [0.2, 0.25) is 0 Å². The molecule has 1 saturated heterocycles. The molecule has 1 aliphatic rings. The molecule has 28 heavy (non-hydrogen) atoms. The van der Waals surface area contributed by atoms with Crippen molar-refractivity contribution in [3.05, 3.63) is 58.0 Å². The van der Waals surface area contributed by atoms with E-state index in [0.29, 0.717) is 14.4 Å². The SMILES string of the molecule is CCc1nnc(NC(=O)CCN2C(=O)C(=CC=Cc3ccccc3)SC2=S)s1. The number of rotatable bonds is 7. The van der Waals surface area contributed by atoms with Crippen molar-refractivity contribution < 1.29 is 9.59 Å². The van der Waals surface area contributed by atoms with Crippen molar-refractivity contribution in [3.63, 3.8) is 0 Å². The molecular weight excluding hydrogens is 412 g/mol. The van der Waals surface area contributed by atoms with Crippen LogP contribution >= 0.6 is 35.3 Å². The maximum Gasteiger partial charge on any atom is 0.266 e. The summed E-state index contributed by atoms with van der Waals surface area (Å²) < 4.78 is 0.460. The Kier molecular flexibility index (Phi) is 7.07. The molecule has 3 rings (SSSR count). The van der Waals surface area contributed by atoms with E-state index in [9.17, 15) is 9.59 Å². The number of anilines is 1. The molecule has 2 heterocycles. The Labute approximate surface area is 176 Å². The fourth-order valence-electron chi connectivity index (χ4n) is 2.36. The number of carbonyl (C=O) groups excluding carboxylic acids is 2. The number of thioether (sulfide) groups is 1. The van der Waals surface area contributed by atoms with E-state index in [4.69, 9.17) is 12.2 Å². The topological polar surface area (TPSA) is 75.2 Å². The van der Waals surface area contributed by atoms with Gasteiger partial charge in [-0.1, -0.05) is 84.7 Å². The summed E-state index contributed by atoms with van der Waals surface area (Å²) in [5, 5.41) is 11.9. The molecule has 0 aliphatic carbocycles. The molecule has 6 nitrogen and oxygen atoms in total. The van der Waals surface area contributed by atoms with Gasteiger partial charge in [-0.15, -0.1) is 10.2 Å². The third-order valence-corrected chi connectivity index (χ3v) is 6.17. The quantitative estimate of drug-likeness (QED) is 0.531. The Balaban J connectivity index is 1.53. The molecule has 0 bridgehead atoms. The second kappa shape index (κ2) is 9.72. The third-order valence-electron chi connectivity index (χ3n) is 3.79. The summed E-state index contributed by atoms with van der Waals surface area (Å²) in [4.78, 5) is 26.6. The lowest BCUT2D eigenvalue weighted by Crippen LogP contribution is -2.31. The molecule has 1 aromatic heterocycles. The predicted octanol–water partition coefficient (Wildman–Crippen LogP) is 3.89. The highest BCUT2D eigenvalue weighted by Gasteiger charge is 2.31. The van der Waals surface area contributed by atoms with Gasteiger partial charge in [0, 0.05) is 13.0 Å². The van der Waals surface area contributed by atoms with E-state index in [1.165, 1.54) is 28.0 Å². The summed E-state index contributed by atoms with van der Waals surface area (Å²) in [5.74, 6) is -0.398. The minimum Gasteiger partial charge on any atom is -0.300 e. The van der Waals surface area contributed by atoms with Gasteiger partial charge in [-0.05, 0) is 18.1 Å². The van der Waals surface area contributed by atoms with Crippen LogP contribution < -0.4 is 5.32 Å². The van der Waals surface area contributed by atoms with E-state index in [1.54, 1.807) is 6.08 Å². The molecule has 1 aliphatic heterocycles. The Morgan fingerprint density at radius 3 is 2.79 bits per heavy atom. The summed E-state index contributed by atoms with van der Waals surface area (Å²) >= 11 is 7.88. The third kappa shape index (κ3) is 5.34. The lowest BCUT2D eigenvalue weighted by atomic mass is 10.2. The zero-order chi connectivity index (χ0) is 19.9. The number of nitrogens with zero attached hydrogens (tertiary/aromatic N) is 3. The van der Waals surface area contributed by atoms with Crippen molar-refractivity contribution in [2.24, 2.45) is 0 Å². The van der Waals surface area contributed by atoms with E-state index < -0.39 is 0 Å². The highest BCUT2D eigenvalue weighted by Crippen LogP contribution is 2.31. The molecule has 9 heteroatoms. The summed E-state index contributed by atoms with van der Waals surface area (Å²) in [6.45, 7) is 2.21. The van der Waals surface area contributed by atoms with Gasteiger partial charge in [0.1, 0.15) is 9.33 Å². The summed E-state index contributed by atoms with van der Waals surface area (Å²) in [7, 11) is 0. The number of aryl methyl sites for hydroxylation is 1. The fraction of sp³-hybridized carbons (Fsp3) is 0.211. The number of nitrogens with one attached hydrogen (secondary N) is 1. The van der Waals surface area contributed by atoms with Gasteiger partial charge >= 0.3 is 0 Å². The van der Waals surface area contributed by atoms with Gasteiger partial charge in [0.2, 0.25) is 11.0 Å². The van der Waals surface area contributed by atoms with Gasteiger partial charge in [-0.2, -0.15) is 0 Å². The van der Waals surface area contributed by atoms with Crippen LogP contribution in [0.15, 0.2) is 47.4 Å². The molecule has 1 N–H and O–H groups in total. The maximum atomic E-state index is 12.5. The first-order chi connectivity index (χ1) is 13.6. The van der Waals surface area contributed by atoms with Gasteiger partial charge in [-0.3, -0.25) is 14.5 Å². The smallest absolute Gasteiger partial charge is 0.266 e. The minimum absolute atomic E-state index is 0.139. The van der Waals surface area contributed by atoms with Gasteiger partial charge in [0.25, 0.3) is 5.91 Å². The minimum atomic E-state index is -0.221. The van der Waals surface area contributed by atoms with E-state index in [0.717, 1.165) is 17.0 Å². The van der Waals surface area contributed by atoms with Gasteiger partial charge in [0.15, 0.2) is 0 Å². The number of benzene rings is 1. The van der Waals surface area contributed by atoms with Crippen LogP contribution in [0.25, 0.3) is 6.08 Å². The fourth-order valence-corrected chi connectivity index (χ4v) is 4.32. The molecule has 0 atom stereocenters. The lowest BCUT2D eigenvalue weighted by molar-refractivity contribution is -0.122. The number of allylic oxidation sites excluding steroid dienone is 2. The number of hydrogen-bond acceptors (Lipinski definition) is 7. The first-order valence-corrected chi connectivity index (χ1v) is 10.7. The molecule has 1 aromatic carbocycles. The Morgan fingerprint density at radius 2 is 2.07 bits per heavy atom. The van der Waals surface area contributed by atoms with E-state index in [1.807, 2.05) is 49.4 Å². The van der Waals surface area contributed by atoms with Crippen molar-refractivity contribution in [1.29, 1.82) is 0 Å². The molecule has 2 amide bonds. The maximum absolute atomic E-state index is 12.5. The average Bonchev–Trinajstić information content (AvgIpc) is 3.25. The van der Waals surface area contributed by atoms with E-state index >= 15 is 0 Å². The Morgan fingerprint density at radius 1 is 1.29 bits per heavy atom. The van der Waals surface area contributed by atoms with Crippen LogP contribution in [0, 0.1) is 0 Å². The number of carbonyl (C=O) groups is 2. The van der Waals surface area contributed by atoms with Gasteiger partial charge < -0.3 is 5.32 Å². The first kappa shape index (κ1) is 20.4. The Hall–Kier alpha value is -2.36. The van der Waals surface area contributed by atoms with E-state index in [-0.39, 0.29) is 24.8 Å². The van der Waals surface area contributed by atoms with Crippen molar-refractivity contribution in [3.8, 4) is 0 Å². The number of aromatic nitrogens is 2. The van der Waals surface area contributed by atoms with E-state index in [2.05, 4.69) is 15.5 Å². The highest BCUT2D eigenvalue weighted by molar-refractivity contribution is 8.26. The average molecular weight is 431 g/mol. The summed E-state index contributed by atoms with van der Waals surface area (Å²) in [5.41, 5.74) is 1.05. The normalized spacial score (nSPS) is 15.8. The van der Waals surface area contributed by atoms with Crippen LogP contribution in [-0.2, 0) is 16.0 Å². The molecule has 144 valence electrons. The van der Waals surface area contributed by atoms with Crippen molar-refractivity contribution in [1.82, 2.24) is 15.1 Å². The molecule has 0 radical (unpaired) electrons. The summed E-state index contributed by atoms with van der Waals surface area (Å²) in [6.07, 6.45) is 6.41. The van der Waals surface area contributed by atoms with Gasteiger partial charge in [0.05, 0.1) is 4.91 Å². The van der Waals surface area contributed by atoms with Gasteiger partial charge in [-0.25, -0.2) is 0 Å². The molecule has 0 unspecified atom stereocenters. The standard InChI is InChI=1S/C19H18N4O2S3/c1-2-16-21-22-18(28-16)20-15(24)11-12-23-17(25)14(27-19(23)26)10-6-9-13-7-4-3-5-8-13/h3-10H,2,11-12H2,1H3,(H,20,22,24). The number of hydrogen-bond donors (Lipinski definition) is 1. The van der Waals surface area contributed by atoms with Crippen LogP contribution in [0.5, 0.6) is 0 Å². The zero-order valence-corrected chi connectivity index (χ0v) is 17.6. The predicted molar refractivity (Wildman–Crippen MR) is 118 cm³/mol.